The number of H-pyrrole nitrogens is 1. The van der Waals surface area contributed by atoms with Crippen LogP contribution in [-0.4, -0.2) is 27.5 Å². The summed E-state index contributed by atoms with van der Waals surface area (Å²) in [6.45, 7) is 0.611. The number of hydrogen-bond acceptors (Lipinski definition) is 4. The normalized spacial score (nSPS) is 10.3. The van der Waals surface area contributed by atoms with Crippen LogP contribution in [0.2, 0.25) is 0 Å². The predicted octanol–water partition coefficient (Wildman–Crippen LogP) is 0.704. The summed E-state index contributed by atoms with van der Waals surface area (Å²) in [6, 6.07) is 8.53. The van der Waals surface area contributed by atoms with Gasteiger partial charge in [-0.15, -0.1) is 0 Å². The molecular weight excluding hydrogens is 276 g/mol. The monoisotopic (exact) mass is 290 g/mol. The molecule has 1 aromatic heterocycles. The molecule has 0 aliphatic rings. The molecule has 0 saturated carbocycles. The van der Waals surface area contributed by atoms with Gasteiger partial charge in [-0.1, -0.05) is 6.07 Å². The quantitative estimate of drug-likeness (QED) is 0.763. The van der Waals surface area contributed by atoms with Crippen molar-refractivity contribution >= 4 is 5.97 Å². The Kier molecular flexibility index (Phi) is 4.55. The van der Waals surface area contributed by atoms with E-state index in [1.807, 2.05) is 0 Å². The Hall–Kier alpha value is -2.83. The van der Waals surface area contributed by atoms with E-state index >= 15 is 0 Å². The summed E-state index contributed by atoms with van der Waals surface area (Å²) in [6.07, 6.45) is 0.497. The minimum atomic E-state index is -1.02. The lowest BCUT2D eigenvalue weighted by atomic mass is 10.2. The summed E-state index contributed by atoms with van der Waals surface area (Å²) in [7, 11) is 0. The molecule has 0 aliphatic heterocycles. The third-order valence-electron chi connectivity index (χ3n) is 2.76. The Bertz CT molecular complexity index is 747. The highest BCUT2D eigenvalue weighted by molar-refractivity contribution is 5.87. The molecule has 110 valence electrons. The van der Waals surface area contributed by atoms with Crippen LogP contribution in [0.3, 0.4) is 0 Å². The van der Waals surface area contributed by atoms with Gasteiger partial charge >= 0.3 is 5.97 Å². The van der Waals surface area contributed by atoms with Gasteiger partial charge in [0.05, 0.1) is 12.2 Å². The molecule has 1 heterocycles. The minimum absolute atomic E-state index is 0.149. The molecular formula is C14H14N2O5. The van der Waals surface area contributed by atoms with Crippen LogP contribution < -0.4 is 15.9 Å². The van der Waals surface area contributed by atoms with Crippen LogP contribution in [0.4, 0.5) is 0 Å². The van der Waals surface area contributed by atoms with E-state index in [1.54, 1.807) is 12.1 Å². The molecule has 2 N–H and O–H groups in total. The Morgan fingerprint density at radius 3 is 2.81 bits per heavy atom. The molecule has 1 aromatic carbocycles. The number of ether oxygens (including phenoxy) is 1. The van der Waals surface area contributed by atoms with E-state index in [0.29, 0.717) is 25.3 Å². The number of aromatic carboxylic acids is 1. The molecule has 0 aliphatic carbocycles. The van der Waals surface area contributed by atoms with Gasteiger partial charge in [0.1, 0.15) is 5.75 Å². The van der Waals surface area contributed by atoms with Crippen molar-refractivity contribution in [2.45, 2.75) is 13.0 Å². The number of carboxylic acid groups (broad SMARTS) is 1. The molecule has 21 heavy (non-hydrogen) atoms. The van der Waals surface area contributed by atoms with E-state index in [-0.39, 0.29) is 16.7 Å². The summed E-state index contributed by atoms with van der Waals surface area (Å²) in [5.41, 5.74) is -0.483. The lowest BCUT2D eigenvalue weighted by molar-refractivity contribution is 0.0696. The Morgan fingerprint density at radius 2 is 2.05 bits per heavy atom. The van der Waals surface area contributed by atoms with E-state index in [9.17, 15) is 14.4 Å². The van der Waals surface area contributed by atoms with E-state index < -0.39 is 5.97 Å². The molecule has 0 radical (unpaired) electrons. The summed E-state index contributed by atoms with van der Waals surface area (Å²) >= 11 is 0. The summed E-state index contributed by atoms with van der Waals surface area (Å²) in [4.78, 5) is 33.3. The van der Waals surface area contributed by atoms with Crippen molar-refractivity contribution in [3.63, 3.8) is 0 Å². The number of aromatic amines is 1. The number of rotatable bonds is 6. The predicted molar refractivity (Wildman–Crippen MR) is 74.8 cm³/mol. The molecule has 0 bridgehead atoms. The minimum Gasteiger partial charge on any atom is -0.494 e. The van der Waals surface area contributed by atoms with Gasteiger partial charge in [-0.3, -0.25) is 19.4 Å². The maximum Gasteiger partial charge on any atom is 0.335 e. The third-order valence-corrected chi connectivity index (χ3v) is 2.76. The zero-order valence-electron chi connectivity index (χ0n) is 11.1. The molecule has 0 saturated heterocycles. The maximum atomic E-state index is 11.4. The van der Waals surface area contributed by atoms with Crippen LogP contribution in [0.5, 0.6) is 5.75 Å². The van der Waals surface area contributed by atoms with Crippen LogP contribution in [-0.2, 0) is 6.54 Å². The number of nitrogens with one attached hydrogen (secondary N) is 1. The second-order valence-corrected chi connectivity index (χ2v) is 4.33. The Labute approximate surface area is 119 Å². The van der Waals surface area contributed by atoms with Crippen LogP contribution in [0.25, 0.3) is 0 Å². The van der Waals surface area contributed by atoms with Gasteiger partial charge < -0.3 is 9.84 Å². The highest BCUT2D eigenvalue weighted by Crippen LogP contribution is 2.13. The number of carbonyl (C=O) groups is 1. The molecule has 0 spiro atoms. The smallest absolute Gasteiger partial charge is 0.335 e. The van der Waals surface area contributed by atoms with E-state index in [1.165, 1.54) is 28.9 Å². The van der Waals surface area contributed by atoms with Crippen molar-refractivity contribution in [3.8, 4) is 5.75 Å². The number of benzene rings is 1. The summed E-state index contributed by atoms with van der Waals surface area (Å²) < 4.78 is 6.63. The van der Waals surface area contributed by atoms with Gasteiger partial charge in [-0.25, -0.2) is 4.79 Å². The third kappa shape index (κ3) is 4.07. The molecule has 7 heteroatoms. The molecule has 0 fully saturated rings. The topological polar surface area (TPSA) is 101 Å². The zero-order chi connectivity index (χ0) is 15.2. The fourth-order valence-corrected chi connectivity index (χ4v) is 1.76. The number of carboxylic acids is 1. The first-order valence-electron chi connectivity index (χ1n) is 6.32. The number of aromatic nitrogens is 2. The standard InChI is InChI=1S/C14H14N2O5/c17-12-5-6-13(18)16(15-12)7-2-8-21-11-4-1-3-10(9-11)14(19)20/h1,3-6,9H,2,7-8H2,(H,15,17)(H,19,20). The largest absolute Gasteiger partial charge is 0.494 e. The fourth-order valence-electron chi connectivity index (χ4n) is 1.76. The van der Waals surface area contributed by atoms with Crippen molar-refractivity contribution in [1.29, 1.82) is 0 Å². The molecule has 0 atom stereocenters. The molecule has 2 rings (SSSR count). The number of nitrogens with zero attached hydrogens (tertiary/aromatic N) is 1. The van der Waals surface area contributed by atoms with Crippen LogP contribution in [0.1, 0.15) is 16.8 Å². The fraction of sp³-hybridized carbons (Fsp3) is 0.214. The molecule has 7 nitrogen and oxygen atoms in total. The number of hydrogen-bond donors (Lipinski definition) is 2. The van der Waals surface area contributed by atoms with Crippen molar-refractivity contribution in [2.24, 2.45) is 0 Å². The summed E-state index contributed by atoms with van der Waals surface area (Å²) in [5.74, 6) is -0.572. The van der Waals surface area contributed by atoms with Crippen molar-refractivity contribution in [3.05, 3.63) is 62.7 Å². The van der Waals surface area contributed by atoms with Gasteiger partial charge in [-0.05, 0) is 18.2 Å². The first-order valence-corrected chi connectivity index (χ1v) is 6.32. The Morgan fingerprint density at radius 1 is 1.24 bits per heavy atom. The van der Waals surface area contributed by atoms with Gasteiger partial charge in [0.25, 0.3) is 11.1 Å². The van der Waals surface area contributed by atoms with Gasteiger partial charge in [-0.2, -0.15) is 0 Å². The maximum absolute atomic E-state index is 11.4. The van der Waals surface area contributed by atoms with Crippen molar-refractivity contribution < 1.29 is 14.6 Å². The second-order valence-electron chi connectivity index (χ2n) is 4.33. The lowest BCUT2D eigenvalue weighted by Gasteiger charge is -2.08. The highest BCUT2D eigenvalue weighted by atomic mass is 16.5. The van der Waals surface area contributed by atoms with Crippen molar-refractivity contribution in [2.75, 3.05) is 6.61 Å². The molecule has 0 unspecified atom stereocenters. The SMILES string of the molecule is O=C(O)c1cccc(OCCCn2[nH]c(=O)ccc2=O)c1. The van der Waals surface area contributed by atoms with Crippen LogP contribution >= 0.6 is 0 Å². The lowest BCUT2D eigenvalue weighted by Crippen LogP contribution is -2.28. The van der Waals surface area contributed by atoms with Gasteiger partial charge in [0.15, 0.2) is 0 Å². The first-order chi connectivity index (χ1) is 10.1. The summed E-state index contributed by atoms with van der Waals surface area (Å²) in [5, 5.41) is 11.3. The van der Waals surface area contributed by atoms with E-state index in [4.69, 9.17) is 9.84 Å². The van der Waals surface area contributed by atoms with E-state index in [2.05, 4.69) is 5.10 Å². The van der Waals surface area contributed by atoms with Crippen LogP contribution in [0, 0.1) is 0 Å². The number of aryl methyl sites for hydroxylation is 1. The Balaban J connectivity index is 1.89. The molecule has 2 aromatic rings. The zero-order valence-corrected chi connectivity index (χ0v) is 11.1. The van der Waals surface area contributed by atoms with E-state index in [0.717, 1.165) is 0 Å². The average molecular weight is 290 g/mol. The van der Waals surface area contributed by atoms with Crippen LogP contribution in [0.15, 0.2) is 46.0 Å². The van der Waals surface area contributed by atoms with Gasteiger partial charge in [0.2, 0.25) is 0 Å². The van der Waals surface area contributed by atoms with Gasteiger partial charge in [0, 0.05) is 25.1 Å². The average Bonchev–Trinajstić information content (AvgIpc) is 2.47. The van der Waals surface area contributed by atoms with Crippen molar-refractivity contribution in [1.82, 2.24) is 9.78 Å². The highest BCUT2D eigenvalue weighted by Gasteiger charge is 2.03. The molecule has 0 amide bonds. The first kappa shape index (κ1) is 14.6. The second kappa shape index (κ2) is 6.56.